The zero-order valence-electron chi connectivity index (χ0n) is 5.49. The minimum absolute atomic E-state index is 0.0625. The molecule has 2 aliphatic heterocycles. The summed E-state index contributed by atoms with van der Waals surface area (Å²) >= 11 is 7.52. The zero-order valence-corrected chi connectivity index (χ0v) is 7.06. The number of alkyl halides is 1. The summed E-state index contributed by atoms with van der Waals surface area (Å²) in [6.07, 6.45) is 2.02. The van der Waals surface area contributed by atoms with E-state index in [1.165, 1.54) is 0 Å². The number of aliphatic imine (C=N–C) groups is 1. The number of rotatable bonds is 0. The van der Waals surface area contributed by atoms with E-state index in [1.807, 2.05) is 11.6 Å². The van der Waals surface area contributed by atoms with Crippen LogP contribution in [-0.2, 0) is 0 Å². The highest BCUT2D eigenvalue weighted by atomic mass is 35.5. The first-order chi connectivity index (χ1) is 4.79. The van der Waals surface area contributed by atoms with Crippen molar-refractivity contribution in [3.8, 4) is 0 Å². The van der Waals surface area contributed by atoms with Crippen molar-refractivity contribution in [1.82, 2.24) is 4.90 Å². The second kappa shape index (κ2) is 2.17. The van der Waals surface area contributed by atoms with Gasteiger partial charge >= 0.3 is 0 Å². The van der Waals surface area contributed by atoms with Gasteiger partial charge in [-0.3, -0.25) is 0 Å². The summed E-state index contributed by atoms with van der Waals surface area (Å²) in [4.78, 5) is 6.34. The van der Waals surface area contributed by atoms with E-state index in [4.69, 9.17) is 11.6 Å². The predicted molar refractivity (Wildman–Crippen MR) is 45.1 cm³/mol. The second-order valence-corrected chi connectivity index (χ2v) is 3.66. The SMILES string of the molecule is CC1C(Cl)N=C2SC=CN21. The Morgan fingerprint density at radius 2 is 2.60 bits per heavy atom. The van der Waals surface area contributed by atoms with Gasteiger partial charge in [-0.05, 0) is 12.3 Å². The molecule has 0 bridgehead atoms. The minimum Gasteiger partial charge on any atom is -0.321 e. The van der Waals surface area contributed by atoms with Crippen molar-refractivity contribution in [2.45, 2.75) is 18.5 Å². The summed E-state index contributed by atoms with van der Waals surface area (Å²) in [6, 6.07) is 0.322. The Morgan fingerprint density at radius 3 is 3.30 bits per heavy atom. The van der Waals surface area contributed by atoms with Crippen LogP contribution in [0.4, 0.5) is 0 Å². The molecule has 0 radical (unpaired) electrons. The molecule has 0 aliphatic carbocycles. The Hall–Kier alpha value is -0.150. The lowest BCUT2D eigenvalue weighted by Gasteiger charge is -2.16. The summed E-state index contributed by atoms with van der Waals surface area (Å²) < 4.78 is 0. The summed E-state index contributed by atoms with van der Waals surface area (Å²) in [6.45, 7) is 2.07. The maximum Gasteiger partial charge on any atom is 0.169 e. The Balaban J connectivity index is 2.27. The van der Waals surface area contributed by atoms with E-state index in [9.17, 15) is 0 Å². The zero-order chi connectivity index (χ0) is 7.14. The number of fused-ring (bicyclic) bond motifs is 1. The van der Waals surface area contributed by atoms with Crippen LogP contribution in [-0.4, -0.2) is 21.6 Å². The molecular formula is C6H7ClN2S. The molecule has 0 amide bonds. The molecule has 0 aromatic carbocycles. The fourth-order valence-corrected chi connectivity index (χ4v) is 2.14. The van der Waals surface area contributed by atoms with Crippen LogP contribution >= 0.6 is 23.4 Å². The minimum atomic E-state index is -0.0625. The number of amidine groups is 1. The van der Waals surface area contributed by atoms with Crippen LogP contribution < -0.4 is 0 Å². The highest BCUT2D eigenvalue weighted by molar-refractivity contribution is 8.16. The smallest absolute Gasteiger partial charge is 0.169 e. The van der Waals surface area contributed by atoms with Crippen molar-refractivity contribution in [2.24, 2.45) is 4.99 Å². The lowest BCUT2D eigenvalue weighted by molar-refractivity contribution is 0.463. The number of halogens is 1. The lowest BCUT2D eigenvalue weighted by atomic mass is 10.3. The van der Waals surface area contributed by atoms with Gasteiger partial charge in [0.25, 0.3) is 0 Å². The Bertz CT molecular complexity index is 214. The van der Waals surface area contributed by atoms with Gasteiger partial charge in [-0.25, -0.2) is 4.99 Å². The standard InChI is InChI=1S/C6H7ClN2S/c1-4-5(7)8-6-9(4)2-3-10-6/h2-5H,1H3. The molecule has 2 heterocycles. The van der Waals surface area contributed by atoms with Crippen molar-refractivity contribution in [1.29, 1.82) is 0 Å². The van der Waals surface area contributed by atoms with Gasteiger partial charge in [-0.1, -0.05) is 23.4 Å². The van der Waals surface area contributed by atoms with Crippen LogP contribution in [0.3, 0.4) is 0 Å². The first-order valence-electron chi connectivity index (χ1n) is 3.12. The molecule has 54 valence electrons. The van der Waals surface area contributed by atoms with Gasteiger partial charge in [0.1, 0.15) is 5.50 Å². The summed E-state index contributed by atoms with van der Waals surface area (Å²) in [7, 11) is 0. The quantitative estimate of drug-likeness (QED) is 0.411. The molecule has 2 rings (SSSR count). The van der Waals surface area contributed by atoms with Crippen molar-refractivity contribution >= 4 is 28.5 Å². The van der Waals surface area contributed by atoms with Gasteiger partial charge in [0.15, 0.2) is 5.17 Å². The van der Waals surface area contributed by atoms with Gasteiger partial charge < -0.3 is 4.90 Å². The fraction of sp³-hybridized carbons (Fsp3) is 0.500. The summed E-state index contributed by atoms with van der Waals surface area (Å²) in [5.41, 5.74) is -0.0625. The summed E-state index contributed by atoms with van der Waals surface area (Å²) in [5.74, 6) is 0. The van der Waals surface area contributed by atoms with Crippen molar-refractivity contribution in [2.75, 3.05) is 0 Å². The number of hydrogen-bond acceptors (Lipinski definition) is 3. The first-order valence-corrected chi connectivity index (χ1v) is 4.44. The molecule has 2 atom stereocenters. The second-order valence-electron chi connectivity index (χ2n) is 2.34. The number of thioether (sulfide) groups is 1. The highest BCUT2D eigenvalue weighted by Crippen LogP contribution is 2.31. The Labute approximate surface area is 68.9 Å². The van der Waals surface area contributed by atoms with E-state index < -0.39 is 0 Å². The lowest BCUT2D eigenvalue weighted by Crippen LogP contribution is -2.27. The molecular weight excluding hydrogens is 168 g/mol. The molecule has 0 saturated heterocycles. The summed E-state index contributed by atoms with van der Waals surface area (Å²) in [5, 5.41) is 3.06. The van der Waals surface area contributed by atoms with Crippen LogP contribution in [0.1, 0.15) is 6.92 Å². The third kappa shape index (κ3) is 0.772. The molecule has 0 aromatic heterocycles. The molecule has 0 N–H and O–H groups in total. The third-order valence-corrected chi connectivity index (χ3v) is 2.93. The maximum atomic E-state index is 5.89. The first kappa shape index (κ1) is 6.55. The van der Waals surface area contributed by atoms with E-state index in [0.717, 1.165) is 5.17 Å². The van der Waals surface area contributed by atoms with Crippen LogP contribution in [0.15, 0.2) is 16.6 Å². The van der Waals surface area contributed by atoms with Crippen LogP contribution in [0.25, 0.3) is 0 Å². The van der Waals surface area contributed by atoms with Gasteiger partial charge in [-0.2, -0.15) is 0 Å². The molecule has 0 spiro atoms. The average Bonchev–Trinajstić information content (AvgIpc) is 2.41. The third-order valence-electron chi connectivity index (χ3n) is 1.69. The average molecular weight is 175 g/mol. The monoisotopic (exact) mass is 174 g/mol. The van der Waals surface area contributed by atoms with Gasteiger partial charge in [0.05, 0.1) is 6.04 Å². The normalized spacial score (nSPS) is 36.6. The van der Waals surface area contributed by atoms with Crippen molar-refractivity contribution in [3.05, 3.63) is 11.6 Å². The Kier molecular flexibility index (Phi) is 1.42. The van der Waals surface area contributed by atoms with Gasteiger partial charge in [0.2, 0.25) is 0 Å². The van der Waals surface area contributed by atoms with E-state index in [0.29, 0.717) is 6.04 Å². The molecule has 4 heteroatoms. The number of nitrogens with zero attached hydrogens (tertiary/aromatic N) is 2. The fourth-order valence-electron chi connectivity index (χ4n) is 1.03. The molecule has 2 nitrogen and oxygen atoms in total. The topological polar surface area (TPSA) is 15.6 Å². The molecule has 10 heavy (non-hydrogen) atoms. The molecule has 0 aromatic rings. The molecule has 2 aliphatic rings. The molecule has 0 saturated carbocycles. The van der Waals surface area contributed by atoms with E-state index in [1.54, 1.807) is 11.8 Å². The predicted octanol–water partition coefficient (Wildman–Crippen LogP) is 1.83. The maximum absolute atomic E-state index is 5.89. The van der Waals surface area contributed by atoms with Crippen LogP contribution in [0.5, 0.6) is 0 Å². The van der Waals surface area contributed by atoms with Crippen LogP contribution in [0.2, 0.25) is 0 Å². The molecule has 2 unspecified atom stereocenters. The highest BCUT2D eigenvalue weighted by Gasteiger charge is 2.32. The van der Waals surface area contributed by atoms with E-state index in [2.05, 4.69) is 16.8 Å². The van der Waals surface area contributed by atoms with Crippen LogP contribution in [0, 0.1) is 0 Å². The van der Waals surface area contributed by atoms with Crippen molar-refractivity contribution in [3.63, 3.8) is 0 Å². The van der Waals surface area contributed by atoms with E-state index in [-0.39, 0.29) is 5.50 Å². The number of hydrogen-bond donors (Lipinski definition) is 0. The van der Waals surface area contributed by atoms with Gasteiger partial charge in [-0.15, -0.1) is 0 Å². The van der Waals surface area contributed by atoms with E-state index >= 15 is 0 Å². The van der Waals surface area contributed by atoms with Gasteiger partial charge in [0, 0.05) is 6.20 Å². The van der Waals surface area contributed by atoms with Crippen molar-refractivity contribution < 1.29 is 0 Å². The largest absolute Gasteiger partial charge is 0.321 e. The Morgan fingerprint density at radius 1 is 1.80 bits per heavy atom. The molecule has 0 fully saturated rings.